The van der Waals surface area contributed by atoms with Gasteiger partial charge in [-0.05, 0) is 37.6 Å². The Morgan fingerprint density at radius 2 is 1.77 bits per heavy atom. The van der Waals surface area contributed by atoms with Crippen LogP contribution < -0.4 is 5.73 Å². The number of fused-ring (bicyclic) bond motifs is 1. The Bertz CT molecular complexity index is 1120. The normalized spacial score (nSPS) is 11.2. The second-order valence-electron chi connectivity index (χ2n) is 6.22. The number of benzene rings is 2. The Labute approximate surface area is 150 Å². The molecule has 6 nitrogen and oxygen atoms in total. The van der Waals surface area contributed by atoms with Gasteiger partial charge in [-0.25, -0.2) is 14.3 Å². The Balaban J connectivity index is 2.21. The summed E-state index contributed by atoms with van der Waals surface area (Å²) in [6.45, 7) is 3.82. The Morgan fingerprint density at radius 1 is 1.08 bits per heavy atom. The summed E-state index contributed by atoms with van der Waals surface area (Å²) < 4.78 is 3.44. The van der Waals surface area contributed by atoms with Gasteiger partial charge in [-0.3, -0.25) is 4.57 Å². The van der Waals surface area contributed by atoms with E-state index in [1.807, 2.05) is 54.8 Å². The van der Waals surface area contributed by atoms with E-state index in [1.165, 1.54) is 4.57 Å². The highest BCUT2D eigenvalue weighted by molar-refractivity contribution is 6.06. The maximum absolute atomic E-state index is 12.4. The van der Waals surface area contributed by atoms with Crippen molar-refractivity contribution in [2.24, 2.45) is 5.73 Å². The number of nitrogens with two attached hydrogens (primary N) is 1. The maximum atomic E-state index is 12.4. The summed E-state index contributed by atoms with van der Waals surface area (Å²) in [5, 5.41) is 10.6. The van der Waals surface area contributed by atoms with Crippen LogP contribution in [0.5, 0.6) is 5.75 Å². The fourth-order valence-corrected chi connectivity index (χ4v) is 3.45. The lowest BCUT2D eigenvalue weighted by Crippen LogP contribution is -2.23. The first-order valence-corrected chi connectivity index (χ1v) is 8.23. The molecule has 2 heterocycles. The molecule has 2 aromatic heterocycles. The molecule has 0 atom stereocenters. The van der Waals surface area contributed by atoms with Crippen LogP contribution in [0.3, 0.4) is 0 Å². The molecular weight excluding hydrogens is 328 g/mol. The number of carbonyl (C=O) groups excluding carboxylic acids is 1. The first-order valence-electron chi connectivity index (χ1n) is 8.23. The molecule has 4 rings (SSSR count). The molecule has 3 N–H and O–H groups in total. The van der Waals surface area contributed by atoms with E-state index < -0.39 is 6.03 Å². The second-order valence-corrected chi connectivity index (χ2v) is 6.22. The summed E-state index contributed by atoms with van der Waals surface area (Å²) >= 11 is 0. The van der Waals surface area contributed by atoms with E-state index in [1.54, 1.807) is 18.3 Å². The smallest absolute Gasteiger partial charge is 0.325 e. The van der Waals surface area contributed by atoms with E-state index in [2.05, 4.69) is 4.98 Å². The largest absolute Gasteiger partial charge is 0.508 e. The van der Waals surface area contributed by atoms with Gasteiger partial charge in [0.15, 0.2) is 0 Å². The van der Waals surface area contributed by atoms with Crippen molar-refractivity contribution < 1.29 is 9.90 Å². The van der Waals surface area contributed by atoms with Crippen LogP contribution in [0.25, 0.3) is 27.8 Å². The van der Waals surface area contributed by atoms with Crippen molar-refractivity contribution in [3.05, 3.63) is 66.2 Å². The van der Waals surface area contributed by atoms with Gasteiger partial charge in [-0.2, -0.15) is 0 Å². The lowest BCUT2D eigenvalue weighted by Gasteiger charge is -2.14. The number of phenolic OH excluding ortho intramolecular Hbond substituents is 1. The van der Waals surface area contributed by atoms with Gasteiger partial charge in [0.2, 0.25) is 0 Å². The zero-order valence-electron chi connectivity index (χ0n) is 14.5. The predicted molar refractivity (Wildman–Crippen MR) is 101 cm³/mol. The molecule has 0 aliphatic heterocycles. The minimum Gasteiger partial charge on any atom is -0.508 e. The van der Waals surface area contributed by atoms with Crippen LogP contribution in [0.15, 0.2) is 54.7 Å². The van der Waals surface area contributed by atoms with E-state index in [0.717, 1.165) is 33.5 Å². The van der Waals surface area contributed by atoms with Crippen molar-refractivity contribution >= 4 is 16.9 Å². The summed E-state index contributed by atoms with van der Waals surface area (Å²) in [4.78, 5) is 16.7. The Hall–Kier alpha value is -3.54. The zero-order valence-corrected chi connectivity index (χ0v) is 14.5. The fourth-order valence-electron chi connectivity index (χ4n) is 3.45. The van der Waals surface area contributed by atoms with Crippen molar-refractivity contribution in [3.63, 3.8) is 0 Å². The van der Waals surface area contributed by atoms with Crippen molar-refractivity contribution in [1.29, 1.82) is 0 Å². The topological polar surface area (TPSA) is 86.1 Å². The number of aromatic hydroxyl groups is 1. The van der Waals surface area contributed by atoms with Crippen molar-refractivity contribution in [3.8, 4) is 22.7 Å². The van der Waals surface area contributed by atoms with Crippen LogP contribution in [-0.2, 0) is 0 Å². The maximum Gasteiger partial charge on any atom is 0.325 e. The van der Waals surface area contributed by atoms with Crippen molar-refractivity contribution in [2.75, 3.05) is 0 Å². The quantitative estimate of drug-likeness (QED) is 0.580. The molecule has 130 valence electrons. The van der Waals surface area contributed by atoms with Crippen LogP contribution in [-0.4, -0.2) is 25.3 Å². The summed E-state index contributed by atoms with van der Waals surface area (Å²) in [5.74, 6) is 1.59. The van der Waals surface area contributed by atoms with Gasteiger partial charge in [-0.15, -0.1) is 0 Å². The van der Waals surface area contributed by atoms with Crippen molar-refractivity contribution in [2.45, 2.75) is 13.8 Å². The van der Waals surface area contributed by atoms with Crippen LogP contribution in [0.2, 0.25) is 0 Å². The molecule has 0 saturated carbocycles. The van der Waals surface area contributed by atoms with Gasteiger partial charge in [0.05, 0.1) is 5.52 Å². The number of nitrogens with zero attached hydrogens (tertiary/aromatic N) is 3. The Kier molecular flexibility index (Phi) is 3.54. The summed E-state index contributed by atoms with van der Waals surface area (Å²) in [6, 6.07) is 14.0. The summed E-state index contributed by atoms with van der Waals surface area (Å²) in [5.41, 5.74) is 9.12. The third-order valence-electron chi connectivity index (χ3n) is 4.55. The molecule has 0 saturated heterocycles. The number of para-hydroxylation sites is 1. The van der Waals surface area contributed by atoms with Crippen LogP contribution in [0.4, 0.5) is 4.79 Å². The third-order valence-corrected chi connectivity index (χ3v) is 4.55. The summed E-state index contributed by atoms with van der Waals surface area (Å²) in [6.07, 6.45) is 1.76. The molecule has 6 heteroatoms. The number of rotatable bonds is 2. The number of imidazole rings is 1. The Morgan fingerprint density at radius 3 is 2.38 bits per heavy atom. The van der Waals surface area contributed by atoms with Crippen LogP contribution in [0.1, 0.15) is 11.5 Å². The monoisotopic (exact) mass is 346 g/mol. The van der Waals surface area contributed by atoms with E-state index in [0.29, 0.717) is 5.82 Å². The fraction of sp³-hybridized carbons (Fsp3) is 0.100. The minimum atomic E-state index is -0.561. The highest BCUT2D eigenvalue weighted by Crippen LogP contribution is 2.38. The molecule has 0 spiro atoms. The molecule has 0 fully saturated rings. The van der Waals surface area contributed by atoms with E-state index >= 15 is 0 Å². The van der Waals surface area contributed by atoms with Gasteiger partial charge in [0.25, 0.3) is 0 Å². The number of hydrogen-bond donors (Lipinski definition) is 2. The molecule has 2 aromatic carbocycles. The standard InChI is InChI=1S/C20H18N4O2/c1-12-11-22-13(2)23(12)19-18(14-7-9-15(25)10-8-14)16-5-3-4-6-17(16)24(19)20(21)26/h3-11,25H,1-2H3,(H2,21,26). The molecule has 1 amide bonds. The van der Waals surface area contributed by atoms with Crippen molar-refractivity contribution in [1.82, 2.24) is 14.1 Å². The zero-order chi connectivity index (χ0) is 18.4. The first kappa shape index (κ1) is 16.0. The van der Waals surface area contributed by atoms with Gasteiger partial charge in [0, 0.05) is 22.8 Å². The predicted octanol–water partition coefficient (Wildman–Crippen LogP) is 3.74. The highest BCUT2D eigenvalue weighted by Gasteiger charge is 2.24. The SMILES string of the molecule is Cc1cnc(C)n1-c1c(-c2ccc(O)cc2)c2ccccc2n1C(N)=O. The number of aromatic nitrogens is 3. The van der Waals surface area contributed by atoms with E-state index in [4.69, 9.17) is 5.73 Å². The van der Waals surface area contributed by atoms with Gasteiger partial charge < -0.3 is 10.8 Å². The van der Waals surface area contributed by atoms with Gasteiger partial charge in [0.1, 0.15) is 17.4 Å². The van der Waals surface area contributed by atoms with Gasteiger partial charge in [-0.1, -0.05) is 30.3 Å². The molecule has 0 aliphatic rings. The van der Waals surface area contributed by atoms with Crippen LogP contribution in [0, 0.1) is 13.8 Å². The molecule has 0 bridgehead atoms. The lowest BCUT2D eigenvalue weighted by atomic mass is 10.0. The number of aryl methyl sites for hydroxylation is 2. The van der Waals surface area contributed by atoms with Crippen LogP contribution >= 0.6 is 0 Å². The lowest BCUT2D eigenvalue weighted by molar-refractivity contribution is 0.251. The van der Waals surface area contributed by atoms with E-state index in [-0.39, 0.29) is 5.75 Å². The molecule has 0 radical (unpaired) electrons. The average Bonchev–Trinajstić information content (AvgIpc) is 3.12. The second kappa shape index (κ2) is 5.77. The van der Waals surface area contributed by atoms with E-state index in [9.17, 15) is 9.90 Å². The minimum absolute atomic E-state index is 0.184. The number of hydrogen-bond acceptors (Lipinski definition) is 3. The molecule has 26 heavy (non-hydrogen) atoms. The third kappa shape index (κ3) is 2.27. The number of phenols is 1. The average molecular weight is 346 g/mol. The van der Waals surface area contributed by atoms with Gasteiger partial charge >= 0.3 is 6.03 Å². The molecule has 0 aliphatic carbocycles. The molecule has 0 unspecified atom stereocenters. The highest BCUT2D eigenvalue weighted by atomic mass is 16.3. The summed E-state index contributed by atoms with van der Waals surface area (Å²) in [7, 11) is 0. The molecular formula is C20H18N4O2. The first-order chi connectivity index (χ1) is 12.5. The number of carbonyl (C=O) groups is 1. The number of amides is 1. The number of primary amides is 1. The molecule has 4 aromatic rings.